The van der Waals surface area contributed by atoms with Crippen molar-refractivity contribution < 1.29 is 5.11 Å². The third-order valence-electron chi connectivity index (χ3n) is 2.33. The van der Waals surface area contributed by atoms with Crippen LogP contribution in [0.5, 0.6) is 5.75 Å². The van der Waals surface area contributed by atoms with Crippen LogP contribution >= 0.6 is 31.9 Å². The Hall–Kier alpha value is -0.0600. The smallest absolute Gasteiger partial charge is 0.143 e. The van der Waals surface area contributed by atoms with Crippen molar-refractivity contribution in [1.82, 2.24) is 0 Å². The summed E-state index contributed by atoms with van der Waals surface area (Å²) in [4.78, 5) is 0. The molecule has 0 aliphatic heterocycles. The summed E-state index contributed by atoms with van der Waals surface area (Å²) in [5, 5.41) is 9.58. The van der Waals surface area contributed by atoms with E-state index in [0.717, 1.165) is 5.56 Å². The molecule has 0 bridgehead atoms. The number of halogens is 2. The fraction of sp³-hybridized carbons (Fsp3) is 0.455. The Kier molecular flexibility index (Phi) is 3.85. The van der Waals surface area contributed by atoms with E-state index in [-0.39, 0.29) is 17.2 Å². The van der Waals surface area contributed by atoms with Crippen molar-refractivity contribution in [2.45, 2.75) is 26.8 Å². The summed E-state index contributed by atoms with van der Waals surface area (Å²) in [5.41, 5.74) is 7.13. The van der Waals surface area contributed by atoms with Gasteiger partial charge in [-0.3, -0.25) is 0 Å². The maximum absolute atomic E-state index is 9.58. The van der Waals surface area contributed by atoms with Gasteiger partial charge in [-0.25, -0.2) is 0 Å². The molecule has 0 unspecified atom stereocenters. The van der Waals surface area contributed by atoms with Crippen LogP contribution in [0.25, 0.3) is 0 Å². The van der Waals surface area contributed by atoms with Gasteiger partial charge < -0.3 is 10.8 Å². The van der Waals surface area contributed by atoms with Gasteiger partial charge in [0.15, 0.2) is 0 Å². The minimum Gasteiger partial charge on any atom is -0.506 e. The quantitative estimate of drug-likeness (QED) is 0.815. The van der Waals surface area contributed by atoms with Gasteiger partial charge in [0.2, 0.25) is 0 Å². The molecule has 0 aliphatic carbocycles. The van der Waals surface area contributed by atoms with Crippen LogP contribution in [0.3, 0.4) is 0 Å². The lowest BCUT2D eigenvalue weighted by atomic mass is 9.83. The molecular weight excluding hydrogens is 322 g/mol. The number of aromatic hydroxyl groups is 1. The first kappa shape index (κ1) is 13.0. The summed E-state index contributed by atoms with van der Waals surface area (Å²) < 4.78 is 1.32. The average molecular weight is 337 g/mol. The molecule has 2 nitrogen and oxygen atoms in total. The highest BCUT2D eigenvalue weighted by Crippen LogP contribution is 2.38. The lowest BCUT2D eigenvalue weighted by Crippen LogP contribution is -2.26. The van der Waals surface area contributed by atoms with Crippen molar-refractivity contribution >= 4 is 31.9 Å². The van der Waals surface area contributed by atoms with Crippen LogP contribution in [0, 0.1) is 5.41 Å². The SMILES string of the molecule is CC(C)(C)[C@@H](N)c1cc(Br)c(O)c(Br)c1. The Bertz CT molecular complexity index is 348. The van der Waals surface area contributed by atoms with Crippen LogP contribution in [0.4, 0.5) is 0 Å². The molecule has 84 valence electrons. The lowest BCUT2D eigenvalue weighted by Gasteiger charge is -2.27. The monoisotopic (exact) mass is 335 g/mol. The molecule has 0 fully saturated rings. The Morgan fingerprint density at radius 1 is 1.20 bits per heavy atom. The van der Waals surface area contributed by atoms with E-state index in [2.05, 4.69) is 52.6 Å². The topological polar surface area (TPSA) is 46.2 Å². The van der Waals surface area contributed by atoms with Crippen molar-refractivity contribution in [2.75, 3.05) is 0 Å². The first-order valence-corrected chi connectivity index (χ1v) is 6.25. The first-order chi connectivity index (χ1) is 6.73. The summed E-state index contributed by atoms with van der Waals surface area (Å²) in [6.07, 6.45) is 0. The minimum absolute atomic E-state index is 0.00411. The highest BCUT2D eigenvalue weighted by atomic mass is 79.9. The van der Waals surface area contributed by atoms with E-state index >= 15 is 0 Å². The van der Waals surface area contributed by atoms with Gasteiger partial charge in [0.05, 0.1) is 8.95 Å². The van der Waals surface area contributed by atoms with Crippen molar-refractivity contribution in [3.63, 3.8) is 0 Å². The van der Waals surface area contributed by atoms with Crippen molar-refractivity contribution in [1.29, 1.82) is 0 Å². The molecular formula is C11H15Br2NO. The van der Waals surface area contributed by atoms with Crippen LogP contribution in [0.15, 0.2) is 21.1 Å². The summed E-state index contributed by atoms with van der Waals surface area (Å²) >= 11 is 6.59. The van der Waals surface area contributed by atoms with Gasteiger partial charge >= 0.3 is 0 Å². The fourth-order valence-electron chi connectivity index (χ4n) is 1.26. The van der Waals surface area contributed by atoms with Gasteiger partial charge in [-0.1, -0.05) is 20.8 Å². The third-order valence-corrected chi connectivity index (χ3v) is 3.54. The Balaban J connectivity index is 3.17. The number of nitrogens with two attached hydrogens (primary N) is 1. The molecule has 1 rings (SSSR count). The van der Waals surface area contributed by atoms with Crippen LogP contribution in [0.1, 0.15) is 32.4 Å². The second kappa shape index (κ2) is 4.44. The van der Waals surface area contributed by atoms with Gasteiger partial charge in [0.25, 0.3) is 0 Å². The van der Waals surface area contributed by atoms with E-state index in [4.69, 9.17) is 5.73 Å². The van der Waals surface area contributed by atoms with Crippen LogP contribution in [-0.2, 0) is 0 Å². The van der Waals surface area contributed by atoms with Crippen LogP contribution in [-0.4, -0.2) is 5.11 Å². The molecule has 0 aliphatic rings. The van der Waals surface area contributed by atoms with Gasteiger partial charge in [-0.2, -0.15) is 0 Å². The van der Waals surface area contributed by atoms with Gasteiger partial charge in [-0.05, 0) is 55.0 Å². The maximum atomic E-state index is 9.58. The number of rotatable bonds is 1. The predicted octanol–water partition coefficient (Wildman–Crippen LogP) is 3.96. The van der Waals surface area contributed by atoms with E-state index in [9.17, 15) is 5.11 Å². The molecule has 0 radical (unpaired) electrons. The molecule has 1 atom stereocenters. The first-order valence-electron chi connectivity index (χ1n) is 4.67. The van der Waals surface area contributed by atoms with E-state index in [1.165, 1.54) is 0 Å². The van der Waals surface area contributed by atoms with Crippen molar-refractivity contribution in [2.24, 2.45) is 11.1 Å². The number of hydrogen-bond donors (Lipinski definition) is 2. The minimum atomic E-state index is -0.0642. The largest absolute Gasteiger partial charge is 0.506 e. The van der Waals surface area contributed by atoms with E-state index < -0.39 is 0 Å². The molecule has 4 heteroatoms. The lowest BCUT2D eigenvalue weighted by molar-refractivity contribution is 0.326. The van der Waals surface area contributed by atoms with E-state index in [1.54, 1.807) is 0 Å². The summed E-state index contributed by atoms with van der Waals surface area (Å²) in [6, 6.07) is 3.65. The predicted molar refractivity (Wildman–Crippen MR) is 69.9 cm³/mol. The molecule has 0 heterocycles. The number of benzene rings is 1. The number of hydrogen-bond acceptors (Lipinski definition) is 2. The Labute approximate surface area is 107 Å². The van der Waals surface area contributed by atoms with E-state index in [0.29, 0.717) is 8.95 Å². The highest BCUT2D eigenvalue weighted by molar-refractivity contribution is 9.11. The second-order valence-corrected chi connectivity index (χ2v) is 6.39. The van der Waals surface area contributed by atoms with Crippen molar-refractivity contribution in [3.05, 3.63) is 26.6 Å². The zero-order valence-electron chi connectivity index (χ0n) is 9.01. The highest BCUT2D eigenvalue weighted by Gasteiger charge is 2.23. The molecule has 3 N–H and O–H groups in total. The summed E-state index contributed by atoms with van der Waals surface area (Å²) in [7, 11) is 0. The molecule has 0 aromatic heterocycles. The maximum Gasteiger partial charge on any atom is 0.143 e. The fourth-order valence-corrected chi connectivity index (χ4v) is 2.49. The molecule has 15 heavy (non-hydrogen) atoms. The van der Waals surface area contributed by atoms with Crippen LogP contribution in [0.2, 0.25) is 0 Å². The zero-order valence-corrected chi connectivity index (χ0v) is 12.2. The molecule has 0 amide bonds. The van der Waals surface area contributed by atoms with Gasteiger partial charge in [0, 0.05) is 6.04 Å². The van der Waals surface area contributed by atoms with E-state index in [1.807, 2.05) is 12.1 Å². The standard InChI is InChI=1S/C11H15Br2NO/c1-11(2,3)10(14)6-4-7(12)9(15)8(13)5-6/h4-5,10,15H,14H2,1-3H3/t10-/m0/s1. The third kappa shape index (κ3) is 2.95. The Morgan fingerprint density at radius 2 is 1.60 bits per heavy atom. The average Bonchev–Trinajstić information content (AvgIpc) is 2.10. The molecule has 1 aromatic carbocycles. The normalized spacial score (nSPS) is 14.0. The van der Waals surface area contributed by atoms with Gasteiger partial charge in [0.1, 0.15) is 5.75 Å². The number of phenolic OH excluding ortho intramolecular Hbond substituents is 1. The molecule has 1 aromatic rings. The number of phenols is 1. The Morgan fingerprint density at radius 3 is 1.93 bits per heavy atom. The van der Waals surface area contributed by atoms with Gasteiger partial charge in [-0.15, -0.1) is 0 Å². The zero-order chi connectivity index (χ0) is 11.8. The summed E-state index contributed by atoms with van der Waals surface area (Å²) in [6.45, 7) is 6.27. The molecule has 0 saturated heterocycles. The second-order valence-electron chi connectivity index (χ2n) is 4.68. The molecule has 0 saturated carbocycles. The van der Waals surface area contributed by atoms with Crippen LogP contribution < -0.4 is 5.73 Å². The van der Waals surface area contributed by atoms with Crippen molar-refractivity contribution in [3.8, 4) is 5.75 Å². The summed E-state index contributed by atoms with van der Waals surface area (Å²) in [5.74, 6) is 0.208. The molecule has 0 spiro atoms.